The van der Waals surface area contributed by atoms with E-state index in [1.807, 2.05) is 26.8 Å². The van der Waals surface area contributed by atoms with Gasteiger partial charge in [-0.1, -0.05) is 6.07 Å². The van der Waals surface area contributed by atoms with Gasteiger partial charge >= 0.3 is 0 Å². The molecule has 0 bridgehead atoms. The summed E-state index contributed by atoms with van der Waals surface area (Å²) in [4.78, 5) is 20.5. The first-order valence-corrected chi connectivity index (χ1v) is 8.48. The number of nitrogens with one attached hydrogen (secondary N) is 3. The van der Waals surface area contributed by atoms with E-state index in [4.69, 9.17) is 4.74 Å². The summed E-state index contributed by atoms with van der Waals surface area (Å²) >= 11 is 0. The van der Waals surface area contributed by atoms with E-state index in [1.54, 1.807) is 12.3 Å². The highest BCUT2D eigenvalue weighted by Gasteiger charge is 2.04. The van der Waals surface area contributed by atoms with Gasteiger partial charge in [0.15, 0.2) is 5.96 Å². The largest absolute Gasteiger partial charge is 0.382 e. The van der Waals surface area contributed by atoms with Crippen molar-refractivity contribution in [2.24, 2.45) is 4.99 Å². The Morgan fingerprint density at radius 1 is 1.29 bits per heavy atom. The Morgan fingerprint density at radius 2 is 2.12 bits per heavy atom. The number of ether oxygens (including phenoxy) is 1. The smallest absolute Gasteiger partial charge is 0.227 e. The summed E-state index contributed by atoms with van der Waals surface area (Å²) in [5.41, 5.74) is 1.06. The number of aryl methyl sites for hydroxylation is 1. The number of guanidine groups is 1. The molecule has 0 radical (unpaired) electrons. The molecule has 1 rings (SSSR count). The minimum Gasteiger partial charge on any atom is -0.382 e. The summed E-state index contributed by atoms with van der Waals surface area (Å²) in [6.45, 7) is 9.36. The molecule has 0 aliphatic carbocycles. The van der Waals surface area contributed by atoms with Crippen LogP contribution < -0.4 is 16.0 Å². The fourth-order valence-corrected chi connectivity index (χ4v) is 1.89. The monoisotopic (exact) mass is 335 g/mol. The molecule has 0 unspecified atom stereocenters. The molecule has 0 saturated carbocycles. The number of hydrogen-bond acceptors (Lipinski definition) is 4. The van der Waals surface area contributed by atoms with Crippen LogP contribution in [-0.4, -0.2) is 49.7 Å². The van der Waals surface area contributed by atoms with E-state index in [0.717, 1.165) is 31.1 Å². The number of aromatic nitrogens is 1. The molecule has 0 saturated heterocycles. The maximum absolute atomic E-state index is 11.9. The number of anilines is 1. The zero-order valence-electron chi connectivity index (χ0n) is 14.9. The Kier molecular flexibility index (Phi) is 10.2. The normalized spacial score (nSPS) is 11.2. The third-order valence-electron chi connectivity index (χ3n) is 3.09. The molecule has 0 atom stereocenters. The summed E-state index contributed by atoms with van der Waals surface area (Å²) in [5.74, 6) is 1.21. The number of carbonyl (C=O) groups is 1. The molecule has 1 aromatic heterocycles. The molecule has 24 heavy (non-hydrogen) atoms. The van der Waals surface area contributed by atoms with E-state index in [9.17, 15) is 4.79 Å². The number of amides is 1. The molecule has 0 aliphatic rings. The Morgan fingerprint density at radius 3 is 2.79 bits per heavy atom. The summed E-state index contributed by atoms with van der Waals surface area (Å²) in [6, 6.07) is 3.71. The van der Waals surface area contributed by atoms with Crippen LogP contribution in [0, 0.1) is 6.92 Å². The van der Waals surface area contributed by atoms with E-state index >= 15 is 0 Å². The summed E-state index contributed by atoms with van der Waals surface area (Å²) < 4.78 is 5.28. The van der Waals surface area contributed by atoms with Crippen molar-refractivity contribution in [1.29, 1.82) is 0 Å². The molecule has 0 fully saturated rings. The number of hydrogen-bond donors (Lipinski definition) is 3. The van der Waals surface area contributed by atoms with Crippen LogP contribution in [0.3, 0.4) is 0 Å². The minimum atomic E-state index is -0.0777. The van der Waals surface area contributed by atoms with E-state index < -0.39 is 0 Å². The highest BCUT2D eigenvalue weighted by atomic mass is 16.5. The van der Waals surface area contributed by atoms with Crippen LogP contribution in [0.2, 0.25) is 0 Å². The topological polar surface area (TPSA) is 87.6 Å². The second-order valence-corrected chi connectivity index (χ2v) is 5.26. The molecule has 0 aliphatic heterocycles. The van der Waals surface area contributed by atoms with Crippen molar-refractivity contribution in [3.05, 3.63) is 23.9 Å². The van der Waals surface area contributed by atoms with Gasteiger partial charge in [0, 0.05) is 45.5 Å². The predicted molar refractivity (Wildman–Crippen MR) is 97.3 cm³/mol. The van der Waals surface area contributed by atoms with Gasteiger partial charge in [0.05, 0.1) is 0 Å². The van der Waals surface area contributed by atoms with Crippen molar-refractivity contribution >= 4 is 17.7 Å². The predicted octanol–water partition coefficient (Wildman–Crippen LogP) is 1.70. The molecule has 1 aromatic rings. The lowest BCUT2D eigenvalue weighted by molar-refractivity contribution is -0.116. The van der Waals surface area contributed by atoms with Gasteiger partial charge in [-0.2, -0.15) is 0 Å². The van der Waals surface area contributed by atoms with Crippen LogP contribution >= 0.6 is 0 Å². The van der Waals surface area contributed by atoms with Crippen molar-refractivity contribution in [2.45, 2.75) is 33.6 Å². The van der Waals surface area contributed by atoms with E-state index in [-0.39, 0.29) is 5.91 Å². The Balaban J connectivity index is 2.29. The van der Waals surface area contributed by atoms with Crippen LogP contribution in [0.5, 0.6) is 0 Å². The number of pyridine rings is 1. The van der Waals surface area contributed by atoms with Gasteiger partial charge in [-0.3, -0.25) is 9.79 Å². The number of nitrogens with zero attached hydrogens (tertiary/aromatic N) is 2. The van der Waals surface area contributed by atoms with Gasteiger partial charge < -0.3 is 20.7 Å². The standard InChI is InChI=1S/C17H29N5O2/c1-4-18-17(19-10-6-12-24-5-2)20-11-9-16(23)22-15-8-7-14(3)13-21-15/h7-8,13H,4-6,9-12H2,1-3H3,(H2,18,19,20)(H,21,22,23). The second kappa shape index (κ2) is 12.3. The fraction of sp³-hybridized carbons (Fsp3) is 0.588. The molecule has 134 valence electrons. The van der Waals surface area contributed by atoms with Crippen molar-refractivity contribution in [1.82, 2.24) is 15.6 Å². The molecular formula is C17H29N5O2. The SMILES string of the molecule is CCNC(=NCCCOCC)NCCC(=O)Nc1ccc(C)cn1. The van der Waals surface area contributed by atoms with Gasteiger partial charge in [-0.05, 0) is 38.8 Å². The van der Waals surface area contributed by atoms with Crippen molar-refractivity contribution in [3.8, 4) is 0 Å². The van der Waals surface area contributed by atoms with Crippen LogP contribution in [0.15, 0.2) is 23.3 Å². The summed E-state index contributed by atoms with van der Waals surface area (Å²) in [5, 5.41) is 9.09. The van der Waals surface area contributed by atoms with Crippen LogP contribution in [0.1, 0.15) is 32.3 Å². The molecule has 3 N–H and O–H groups in total. The lowest BCUT2D eigenvalue weighted by atomic mass is 10.3. The Hall–Kier alpha value is -2.15. The van der Waals surface area contributed by atoms with Crippen molar-refractivity contribution in [3.63, 3.8) is 0 Å². The Bertz CT molecular complexity index is 502. The molecule has 0 spiro atoms. The molecule has 0 aromatic carbocycles. The zero-order valence-corrected chi connectivity index (χ0v) is 14.9. The molecule has 1 heterocycles. The first-order chi connectivity index (χ1) is 11.7. The highest BCUT2D eigenvalue weighted by Crippen LogP contribution is 2.03. The van der Waals surface area contributed by atoms with Gasteiger partial charge in [-0.25, -0.2) is 4.98 Å². The third kappa shape index (κ3) is 9.09. The van der Waals surface area contributed by atoms with Gasteiger partial charge in [-0.15, -0.1) is 0 Å². The molecular weight excluding hydrogens is 306 g/mol. The quantitative estimate of drug-likeness (QED) is 0.344. The lowest BCUT2D eigenvalue weighted by Crippen LogP contribution is -2.38. The van der Waals surface area contributed by atoms with Gasteiger partial charge in [0.2, 0.25) is 5.91 Å². The van der Waals surface area contributed by atoms with Crippen LogP contribution in [-0.2, 0) is 9.53 Å². The average molecular weight is 335 g/mol. The zero-order chi connectivity index (χ0) is 17.6. The number of rotatable bonds is 10. The number of aliphatic imine (C=N–C) groups is 1. The van der Waals surface area contributed by atoms with Crippen molar-refractivity contribution in [2.75, 3.05) is 38.2 Å². The van der Waals surface area contributed by atoms with Crippen molar-refractivity contribution < 1.29 is 9.53 Å². The average Bonchev–Trinajstić information content (AvgIpc) is 2.56. The first-order valence-electron chi connectivity index (χ1n) is 8.48. The highest BCUT2D eigenvalue weighted by molar-refractivity contribution is 5.90. The second-order valence-electron chi connectivity index (χ2n) is 5.26. The maximum atomic E-state index is 11.9. The third-order valence-corrected chi connectivity index (χ3v) is 3.09. The lowest BCUT2D eigenvalue weighted by Gasteiger charge is -2.11. The van der Waals surface area contributed by atoms with Gasteiger partial charge in [0.25, 0.3) is 0 Å². The first kappa shape index (κ1) is 19.9. The Labute approximate surface area is 144 Å². The maximum Gasteiger partial charge on any atom is 0.227 e. The molecule has 7 heteroatoms. The molecule has 1 amide bonds. The van der Waals surface area contributed by atoms with E-state index in [2.05, 4.69) is 25.9 Å². The van der Waals surface area contributed by atoms with E-state index in [1.165, 1.54) is 0 Å². The van der Waals surface area contributed by atoms with Gasteiger partial charge in [0.1, 0.15) is 5.82 Å². The fourth-order valence-electron chi connectivity index (χ4n) is 1.89. The van der Waals surface area contributed by atoms with Crippen LogP contribution in [0.4, 0.5) is 5.82 Å². The minimum absolute atomic E-state index is 0.0777. The molecule has 7 nitrogen and oxygen atoms in total. The van der Waals surface area contributed by atoms with E-state index in [0.29, 0.717) is 31.9 Å². The summed E-state index contributed by atoms with van der Waals surface area (Å²) in [7, 11) is 0. The number of carbonyl (C=O) groups excluding carboxylic acids is 1. The summed E-state index contributed by atoms with van der Waals surface area (Å²) in [6.07, 6.45) is 2.95. The van der Waals surface area contributed by atoms with Crippen LogP contribution in [0.25, 0.3) is 0 Å².